The molecule has 0 aliphatic carbocycles. The van der Waals surface area contributed by atoms with Gasteiger partial charge in [-0.25, -0.2) is 0 Å². The number of fused-ring (bicyclic) bond motifs is 1. The van der Waals surface area contributed by atoms with Gasteiger partial charge < -0.3 is 18.8 Å². The maximum atomic E-state index is 12.9. The molecular formula is C30H25ClN2O6. The first-order chi connectivity index (χ1) is 18.9. The predicted molar refractivity (Wildman–Crippen MR) is 145 cm³/mol. The zero-order valence-corrected chi connectivity index (χ0v) is 21.9. The number of rotatable bonds is 9. The van der Waals surface area contributed by atoms with Crippen LogP contribution in [0.5, 0.6) is 11.5 Å². The van der Waals surface area contributed by atoms with E-state index in [4.69, 9.17) is 25.5 Å². The van der Waals surface area contributed by atoms with Crippen molar-refractivity contribution in [2.45, 2.75) is 13.1 Å². The number of furan rings is 1. The van der Waals surface area contributed by atoms with Crippen molar-refractivity contribution in [2.75, 3.05) is 25.2 Å². The highest BCUT2D eigenvalue weighted by Gasteiger charge is 2.28. The quantitative estimate of drug-likeness (QED) is 0.262. The van der Waals surface area contributed by atoms with E-state index in [1.807, 2.05) is 30.3 Å². The number of anilines is 1. The fourth-order valence-electron chi connectivity index (χ4n) is 4.19. The van der Waals surface area contributed by atoms with E-state index < -0.39 is 0 Å². The Hall–Kier alpha value is -4.56. The number of carbonyl (C=O) groups is 3. The summed E-state index contributed by atoms with van der Waals surface area (Å²) in [5.41, 5.74) is 1.78. The molecule has 8 nitrogen and oxygen atoms in total. The predicted octanol–water partition coefficient (Wildman–Crippen LogP) is 5.39. The summed E-state index contributed by atoms with van der Waals surface area (Å²) in [5, 5.41) is 0.406. The molecule has 0 bridgehead atoms. The monoisotopic (exact) mass is 544 g/mol. The molecule has 1 aromatic heterocycles. The van der Waals surface area contributed by atoms with Gasteiger partial charge in [0, 0.05) is 19.2 Å². The molecule has 0 saturated heterocycles. The number of hydrogen-bond donors (Lipinski definition) is 0. The Morgan fingerprint density at radius 3 is 2.56 bits per heavy atom. The molecule has 1 aliphatic heterocycles. The Balaban J connectivity index is 1.29. The number of benzene rings is 3. The maximum absolute atomic E-state index is 12.9. The van der Waals surface area contributed by atoms with Crippen LogP contribution in [0.4, 0.5) is 5.69 Å². The molecule has 0 atom stereocenters. The number of amides is 2. The third-order valence-corrected chi connectivity index (χ3v) is 6.53. The van der Waals surface area contributed by atoms with Crippen LogP contribution in [0.1, 0.15) is 32.2 Å². The standard InChI is InChI=1S/C30H25ClN2O6/c1-32(16-20-7-3-2-4-8-20)30(36)28-14-12-22(39-28)17-33-24-15-21(11-13-27(24)38-19-29(33)35)25(34)18-37-26-10-6-5-9-23(26)31/h2-15H,16-19H2,1H3. The molecule has 2 heterocycles. The summed E-state index contributed by atoms with van der Waals surface area (Å²) in [6.07, 6.45) is 0. The third-order valence-electron chi connectivity index (χ3n) is 6.21. The smallest absolute Gasteiger partial charge is 0.289 e. The zero-order valence-electron chi connectivity index (χ0n) is 21.1. The van der Waals surface area contributed by atoms with E-state index in [-0.39, 0.29) is 43.1 Å². The van der Waals surface area contributed by atoms with Gasteiger partial charge in [0.05, 0.1) is 17.3 Å². The van der Waals surface area contributed by atoms with Crippen molar-refractivity contribution in [3.8, 4) is 11.5 Å². The van der Waals surface area contributed by atoms with Crippen molar-refractivity contribution in [1.82, 2.24) is 4.90 Å². The Morgan fingerprint density at radius 1 is 1.00 bits per heavy atom. The topological polar surface area (TPSA) is 89.3 Å². The van der Waals surface area contributed by atoms with Crippen LogP contribution in [0, 0.1) is 0 Å². The van der Waals surface area contributed by atoms with Crippen molar-refractivity contribution in [1.29, 1.82) is 0 Å². The molecule has 2 amide bonds. The minimum Gasteiger partial charge on any atom is -0.484 e. The van der Waals surface area contributed by atoms with Crippen LogP contribution in [0.25, 0.3) is 0 Å². The Bertz CT molecular complexity index is 1520. The van der Waals surface area contributed by atoms with Crippen molar-refractivity contribution in [2.24, 2.45) is 0 Å². The lowest BCUT2D eigenvalue weighted by Crippen LogP contribution is -2.38. The van der Waals surface area contributed by atoms with Gasteiger partial charge in [-0.15, -0.1) is 0 Å². The summed E-state index contributed by atoms with van der Waals surface area (Å²) in [4.78, 5) is 41.6. The highest BCUT2D eigenvalue weighted by atomic mass is 35.5. The fraction of sp³-hybridized carbons (Fsp3) is 0.167. The number of Topliss-reactive ketones (excluding diaryl/α,β-unsaturated/α-hetero) is 1. The molecule has 0 N–H and O–H groups in total. The molecule has 5 rings (SSSR count). The van der Waals surface area contributed by atoms with E-state index in [1.54, 1.807) is 66.5 Å². The summed E-state index contributed by atoms with van der Waals surface area (Å²) in [5.74, 6) is 0.599. The molecule has 0 spiro atoms. The van der Waals surface area contributed by atoms with Gasteiger partial charge >= 0.3 is 0 Å². The van der Waals surface area contributed by atoms with Gasteiger partial charge in [0.15, 0.2) is 24.8 Å². The van der Waals surface area contributed by atoms with Crippen LogP contribution < -0.4 is 14.4 Å². The average molecular weight is 545 g/mol. The Kier molecular flexibility index (Phi) is 7.65. The minimum absolute atomic E-state index is 0.0681. The maximum Gasteiger partial charge on any atom is 0.289 e. The van der Waals surface area contributed by atoms with Crippen LogP contribution in [-0.2, 0) is 17.9 Å². The number of halogens is 1. The molecule has 3 aromatic carbocycles. The fourth-order valence-corrected chi connectivity index (χ4v) is 4.38. The van der Waals surface area contributed by atoms with Crippen LogP contribution in [0.3, 0.4) is 0 Å². The van der Waals surface area contributed by atoms with Crippen molar-refractivity contribution in [3.63, 3.8) is 0 Å². The number of hydrogen-bond acceptors (Lipinski definition) is 6. The molecule has 0 radical (unpaired) electrons. The molecule has 4 aromatic rings. The van der Waals surface area contributed by atoms with E-state index in [0.717, 1.165) is 5.56 Å². The second-order valence-electron chi connectivity index (χ2n) is 9.01. The lowest BCUT2D eigenvalue weighted by molar-refractivity contribution is -0.121. The second kappa shape index (κ2) is 11.4. The first kappa shape index (κ1) is 26.1. The van der Waals surface area contributed by atoms with Crippen LogP contribution in [0.2, 0.25) is 5.02 Å². The largest absolute Gasteiger partial charge is 0.484 e. The first-order valence-corrected chi connectivity index (χ1v) is 12.6. The lowest BCUT2D eigenvalue weighted by atomic mass is 10.1. The number of ketones is 1. The van der Waals surface area contributed by atoms with Crippen molar-refractivity contribution in [3.05, 3.63) is 113 Å². The molecule has 0 unspecified atom stereocenters. The summed E-state index contributed by atoms with van der Waals surface area (Å²) in [7, 11) is 1.70. The SMILES string of the molecule is CN(Cc1ccccc1)C(=O)c1ccc(CN2C(=O)COc3ccc(C(=O)COc4ccccc4Cl)cc32)o1. The van der Waals surface area contributed by atoms with Crippen LogP contribution >= 0.6 is 11.6 Å². The van der Waals surface area contributed by atoms with E-state index >= 15 is 0 Å². The molecule has 0 saturated carbocycles. The van der Waals surface area contributed by atoms with Crippen LogP contribution in [-0.4, -0.2) is 42.8 Å². The Morgan fingerprint density at radius 2 is 1.77 bits per heavy atom. The van der Waals surface area contributed by atoms with Crippen molar-refractivity contribution < 1.29 is 28.3 Å². The molecule has 0 fully saturated rings. The highest BCUT2D eigenvalue weighted by molar-refractivity contribution is 6.32. The molecule has 1 aliphatic rings. The van der Waals surface area contributed by atoms with Gasteiger partial charge in [0.1, 0.15) is 17.3 Å². The van der Waals surface area contributed by atoms with E-state index in [9.17, 15) is 14.4 Å². The van der Waals surface area contributed by atoms with Gasteiger partial charge in [-0.3, -0.25) is 19.3 Å². The van der Waals surface area contributed by atoms with Gasteiger partial charge in [-0.1, -0.05) is 54.1 Å². The highest BCUT2D eigenvalue weighted by Crippen LogP contribution is 2.34. The van der Waals surface area contributed by atoms with Crippen molar-refractivity contribution >= 4 is 34.9 Å². The zero-order chi connectivity index (χ0) is 27.4. The lowest BCUT2D eigenvalue weighted by Gasteiger charge is -2.29. The number of para-hydroxylation sites is 1. The third kappa shape index (κ3) is 5.97. The number of ether oxygens (including phenoxy) is 2. The number of carbonyl (C=O) groups excluding carboxylic acids is 3. The first-order valence-electron chi connectivity index (χ1n) is 12.2. The second-order valence-corrected chi connectivity index (χ2v) is 9.41. The summed E-state index contributed by atoms with van der Waals surface area (Å²) in [6.45, 7) is 0.125. The van der Waals surface area contributed by atoms with E-state index in [0.29, 0.717) is 40.1 Å². The Labute approximate surface area is 230 Å². The molecule has 39 heavy (non-hydrogen) atoms. The van der Waals surface area contributed by atoms with Crippen LogP contribution in [0.15, 0.2) is 89.3 Å². The van der Waals surface area contributed by atoms with Gasteiger partial charge in [0.25, 0.3) is 11.8 Å². The van der Waals surface area contributed by atoms with Gasteiger partial charge in [-0.2, -0.15) is 0 Å². The van der Waals surface area contributed by atoms with Gasteiger partial charge in [-0.05, 0) is 48.0 Å². The minimum atomic E-state index is -0.301. The molecule has 198 valence electrons. The van der Waals surface area contributed by atoms with E-state index in [2.05, 4.69) is 0 Å². The average Bonchev–Trinajstić information content (AvgIpc) is 3.42. The molecule has 9 heteroatoms. The van der Waals surface area contributed by atoms with Gasteiger partial charge in [0.2, 0.25) is 0 Å². The summed E-state index contributed by atoms with van der Waals surface area (Å²) >= 11 is 6.11. The number of nitrogens with zero attached hydrogens (tertiary/aromatic N) is 2. The molecular weight excluding hydrogens is 520 g/mol. The summed E-state index contributed by atoms with van der Waals surface area (Å²) < 4.78 is 17.0. The van der Waals surface area contributed by atoms with E-state index in [1.165, 1.54) is 4.90 Å². The summed E-state index contributed by atoms with van der Waals surface area (Å²) in [6, 6.07) is 24.7. The normalized spacial score (nSPS) is 12.5.